The highest BCUT2D eigenvalue weighted by atomic mass is 35.5. The highest BCUT2D eigenvalue weighted by Crippen LogP contribution is 2.35. The summed E-state index contributed by atoms with van der Waals surface area (Å²) in [6, 6.07) is 12.8. The molecule has 0 aliphatic heterocycles. The van der Waals surface area contributed by atoms with E-state index in [1.807, 2.05) is 44.2 Å². The van der Waals surface area contributed by atoms with E-state index in [0.29, 0.717) is 22.1 Å². The van der Waals surface area contributed by atoms with Crippen LogP contribution >= 0.6 is 11.6 Å². The fourth-order valence-electron chi connectivity index (χ4n) is 2.59. The molecule has 0 unspecified atom stereocenters. The standard InChI is InChI=1S/C20H23ClN2O4/c1-14(2)23(16-8-6-5-7-9-16)19(24)13-27-22-12-15-10-17(21)20(26-4)18(11-15)25-3/h5-12,14H,13H2,1-4H3/b22-12-. The van der Waals surface area contributed by atoms with Crippen LogP contribution in [0, 0.1) is 0 Å². The molecule has 0 N–H and O–H groups in total. The second-order valence-corrected chi connectivity index (χ2v) is 6.35. The van der Waals surface area contributed by atoms with Crippen molar-refractivity contribution in [2.75, 3.05) is 25.7 Å². The second kappa shape index (κ2) is 9.83. The molecule has 0 aliphatic carbocycles. The van der Waals surface area contributed by atoms with Gasteiger partial charge in [-0.3, -0.25) is 4.79 Å². The number of oxime groups is 1. The molecule has 0 spiro atoms. The zero-order valence-electron chi connectivity index (χ0n) is 15.8. The third kappa shape index (κ3) is 5.37. The van der Waals surface area contributed by atoms with E-state index in [2.05, 4.69) is 5.16 Å². The first kappa shape index (κ1) is 20.6. The van der Waals surface area contributed by atoms with Crippen molar-refractivity contribution in [1.82, 2.24) is 0 Å². The summed E-state index contributed by atoms with van der Waals surface area (Å²) in [6.07, 6.45) is 1.46. The number of amides is 1. The zero-order valence-corrected chi connectivity index (χ0v) is 16.6. The number of halogens is 1. The number of methoxy groups -OCH3 is 2. The van der Waals surface area contributed by atoms with Crippen LogP contribution in [0.3, 0.4) is 0 Å². The SMILES string of the molecule is COc1cc(/C=N\OCC(=O)N(c2ccccc2)C(C)C)cc(Cl)c1OC. The second-order valence-electron chi connectivity index (χ2n) is 5.94. The number of benzene rings is 2. The smallest absolute Gasteiger partial charge is 0.267 e. The maximum Gasteiger partial charge on any atom is 0.267 e. The van der Waals surface area contributed by atoms with Gasteiger partial charge in [0.15, 0.2) is 18.1 Å². The molecular formula is C20H23ClN2O4. The topological polar surface area (TPSA) is 60.4 Å². The Morgan fingerprint density at radius 2 is 1.89 bits per heavy atom. The van der Waals surface area contributed by atoms with Crippen LogP contribution in [-0.2, 0) is 9.63 Å². The van der Waals surface area contributed by atoms with Crippen LogP contribution in [0.4, 0.5) is 5.69 Å². The Balaban J connectivity index is 2.02. The van der Waals surface area contributed by atoms with E-state index in [9.17, 15) is 4.79 Å². The number of carbonyl (C=O) groups is 1. The fraction of sp³-hybridized carbons (Fsp3) is 0.300. The van der Waals surface area contributed by atoms with Crippen molar-refractivity contribution in [3.63, 3.8) is 0 Å². The Labute approximate surface area is 164 Å². The Bertz CT molecular complexity index is 794. The average Bonchev–Trinajstić information content (AvgIpc) is 2.65. The van der Waals surface area contributed by atoms with Crippen molar-refractivity contribution in [2.45, 2.75) is 19.9 Å². The molecule has 27 heavy (non-hydrogen) atoms. The van der Waals surface area contributed by atoms with Gasteiger partial charge in [-0.1, -0.05) is 35.0 Å². The Morgan fingerprint density at radius 1 is 1.19 bits per heavy atom. The van der Waals surface area contributed by atoms with E-state index in [-0.39, 0.29) is 18.6 Å². The van der Waals surface area contributed by atoms with Gasteiger partial charge in [-0.25, -0.2) is 0 Å². The van der Waals surface area contributed by atoms with E-state index in [0.717, 1.165) is 5.69 Å². The van der Waals surface area contributed by atoms with Crippen molar-refractivity contribution >= 4 is 29.4 Å². The number of carbonyl (C=O) groups excluding carboxylic acids is 1. The molecule has 0 atom stereocenters. The average molecular weight is 391 g/mol. The molecule has 0 heterocycles. The van der Waals surface area contributed by atoms with E-state index < -0.39 is 0 Å². The Kier molecular flexibility index (Phi) is 7.49. The number of hydrogen-bond donors (Lipinski definition) is 0. The molecule has 0 saturated heterocycles. The van der Waals surface area contributed by atoms with E-state index >= 15 is 0 Å². The van der Waals surface area contributed by atoms with Crippen LogP contribution in [-0.4, -0.2) is 39.0 Å². The monoisotopic (exact) mass is 390 g/mol. The molecule has 0 saturated carbocycles. The molecule has 0 fully saturated rings. The van der Waals surface area contributed by atoms with E-state index in [1.54, 1.807) is 17.0 Å². The molecule has 6 nitrogen and oxygen atoms in total. The lowest BCUT2D eigenvalue weighted by Crippen LogP contribution is -2.39. The van der Waals surface area contributed by atoms with Crippen molar-refractivity contribution in [3.05, 3.63) is 53.1 Å². The molecule has 2 rings (SSSR count). The van der Waals surface area contributed by atoms with Gasteiger partial charge in [0.1, 0.15) is 0 Å². The van der Waals surface area contributed by atoms with Gasteiger partial charge in [-0.15, -0.1) is 0 Å². The third-order valence-corrected chi connectivity index (χ3v) is 4.02. The van der Waals surface area contributed by atoms with Gasteiger partial charge < -0.3 is 19.2 Å². The first-order valence-electron chi connectivity index (χ1n) is 8.42. The van der Waals surface area contributed by atoms with Gasteiger partial charge in [0, 0.05) is 17.3 Å². The van der Waals surface area contributed by atoms with Gasteiger partial charge in [0.2, 0.25) is 0 Å². The molecule has 0 radical (unpaired) electrons. The minimum Gasteiger partial charge on any atom is -0.493 e. The minimum absolute atomic E-state index is 0.00265. The highest BCUT2D eigenvalue weighted by Gasteiger charge is 2.19. The Hall–Kier alpha value is -2.73. The van der Waals surface area contributed by atoms with Crippen molar-refractivity contribution < 1.29 is 19.1 Å². The summed E-state index contributed by atoms with van der Waals surface area (Å²) < 4.78 is 10.4. The van der Waals surface area contributed by atoms with Crippen LogP contribution in [0.15, 0.2) is 47.6 Å². The molecular weight excluding hydrogens is 368 g/mol. The first-order chi connectivity index (χ1) is 13.0. The fourth-order valence-corrected chi connectivity index (χ4v) is 2.89. The molecule has 7 heteroatoms. The van der Waals surface area contributed by atoms with E-state index in [1.165, 1.54) is 20.4 Å². The normalized spacial score (nSPS) is 10.9. The summed E-state index contributed by atoms with van der Waals surface area (Å²) in [7, 11) is 3.04. The predicted octanol–water partition coefficient (Wildman–Crippen LogP) is 4.15. The molecule has 144 valence electrons. The Morgan fingerprint density at radius 3 is 2.48 bits per heavy atom. The first-order valence-corrected chi connectivity index (χ1v) is 8.79. The third-order valence-electron chi connectivity index (χ3n) is 3.74. The van der Waals surface area contributed by atoms with Crippen LogP contribution in [0.2, 0.25) is 5.02 Å². The van der Waals surface area contributed by atoms with E-state index in [4.69, 9.17) is 25.9 Å². The largest absolute Gasteiger partial charge is 0.493 e. The van der Waals surface area contributed by atoms with Crippen LogP contribution in [0.25, 0.3) is 0 Å². The summed E-state index contributed by atoms with van der Waals surface area (Å²) in [4.78, 5) is 19.4. The molecule has 0 aliphatic rings. The van der Waals surface area contributed by atoms with Crippen LogP contribution < -0.4 is 14.4 Å². The minimum atomic E-state index is -0.182. The number of nitrogens with zero attached hydrogens (tertiary/aromatic N) is 2. The number of hydrogen-bond acceptors (Lipinski definition) is 5. The lowest BCUT2D eigenvalue weighted by molar-refractivity contribution is -0.123. The van der Waals surface area contributed by atoms with Gasteiger partial charge in [0.05, 0.1) is 25.5 Å². The summed E-state index contributed by atoms with van der Waals surface area (Å²) in [5, 5.41) is 4.25. The summed E-state index contributed by atoms with van der Waals surface area (Å²) in [5.74, 6) is 0.749. The van der Waals surface area contributed by atoms with Crippen LogP contribution in [0.5, 0.6) is 11.5 Å². The molecule has 0 bridgehead atoms. The highest BCUT2D eigenvalue weighted by molar-refractivity contribution is 6.32. The van der Waals surface area contributed by atoms with Gasteiger partial charge in [-0.2, -0.15) is 0 Å². The maximum absolute atomic E-state index is 12.5. The van der Waals surface area contributed by atoms with Crippen LogP contribution in [0.1, 0.15) is 19.4 Å². The quantitative estimate of drug-likeness (QED) is 0.502. The molecule has 0 aromatic heterocycles. The van der Waals surface area contributed by atoms with Gasteiger partial charge in [0.25, 0.3) is 5.91 Å². The van der Waals surface area contributed by atoms with Crippen molar-refractivity contribution in [1.29, 1.82) is 0 Å². The predicted molar refractivity (Wildman–Crippen MR) is 107 cm³/mol. The number of ether oxygens (including phenoxy) is 2. The molecule has 2 aromatic rings. The maximum atomic E-state index is 12.5. The van der Waals surface area contributed by atoms with Gasteiger partial charge in [-0.05, 0) is 38.1 Å². The number of para-hydroxylation sites is 1. The summed E-state index contributed by atoms with van der Waals surface area (Å²) in [5.41, 5.74) is 1.48. The lowest BCUT2D eigenvalue weighted by Gasteiger charge is -2.26. The van der Waals surface area contributed by atoms with Crippen molar-refractivity contribution in [2.24, 2.45) is 5.16 Å². The lowest BCUT2D eigenvalue weighted by atomic mass is 10.2. The number of anilines is 1. The summed E-state index contributed by atoms with van der Waals surface area (Å²) >= 11 is 6.15. The molecule has 2 aromatic carbocycles. The molecule has 1 amide bonds. The summed E-state index contributed by atoms with van der Waals surface area (Å²) in [6.45, 7) is 3.71. The van der Waals surface area contributed by atoms with Crippen molar-refractivity contribution in [3.8, 4) is 11.5 Å². The van der Waals surface area contributed by atoms with Gasteiger partial charge >= 0.3 is 0 Å². The number of rotatable bonds is 8. The zero-order chi connectivity index (χ0) is 19.8.